The highest BCUT2D eigenvalue weighted by atomic mass is 79.9. The SMILES string of the molecule is Cc1ccc(N(c2ccc(Br)cc2)c2ccc(C(c3ccc(N(c4ccc(Br)cc4)C4C=CC(Br)=CC4C)cc3)(C(F)(F)F)C(F)(F)F)cc2)cc1. The molecule has 0 aliphatic heterocycles. The summed E-state index contributed by atoms with van der Waals surface area (Å²) in [6, 6.07) is 30.8. The Morgan fingerprint density at radius 1 is 0.519 bits per heavy atom. The fraction of sp³-hybridized carbons (Fsp3) is 0.171. The molecular weight excluding hydrogens is 874 g/mol. The molecule has 5 aromatic carbocycles. The minimum absolute atomic E-state index is 0.0393. The summed E-state index contributed by atoms with van der Waals surface area (Å²) in [5.41, 5.74) is -2.26. The van der Waals surface area contributed by atoms with E-state index in [4.69, 9.17) is 0 Å². The van der Waals surface area contributed by atoms with E-state index in [-0.39, 0.29) is 12.0 Å². The highest BCUT2D eigenvalue weighted by Crippen LogP contribution is 2.57. The summed E-state index contributed by atoms with van der Waals surface area (Å²) < 4.78 is 94.2. The molecule has 0 saturated heterocycles. The van der Waals surface area contributed by atoms with Crippen LogP contribution in [0.5, 0.6) is 0 Å². The molecule has 1 aliphatic rings. The molecule has 52 heavy (non-hydrogen) atoms. The Morgan fingerprint density at radius 2 is 0.885 bits per heavy atom. The number of halogens is 9. The van der Waals surface area contributed by atoms with Gasteiger partial charge in [0.2, 0.25) is 5.41 Å². The van der Waals surface area contributed by atoms with Crippen LogP contribution in [-0.4, -0.2) is 18.4 Å². The van der Waals surface area contributed by atoms with E-state index in [9.17, 15) is 0 Å². The van der Waals surface area contributed by atoms with Crippen molar-refractivity contribution in [3.63, 3.8) is 0 Å². The highest BCUT2D eigenvalue weighted by molar-refractivity contribution is 9.12. The zero-order valence-corrected chi connectivity index (χ0v) is 32.5. The van der Waals surface area contributed by atoms with Crippen molar-refractivity contribution >= 4 is 76.2 Å². The molecule has 0 aromatic heterocycles. The molecule has 6 rings (SSSR count). The number of alkyl halides is 6. The number of rotatable bonds is 8. The molecule has 0 saturated carbocycles. The first-order valence-corrected chi connectivity index (χ1v) is 18.6. The number of allylic oxidation sites excluding steroid dienone is 2. The van der Waals surface area contributed by atoms with E-state index in [0.29, 0.717) is 22.7 Å². The second kappa shape index (κ2) is 14.9. The Bertz CT molecular complexity index is 2000. The molecule has 1 aliphatic carbocycles. The lowest BCUT2D eigenvalue weighted by atomic mass is 9.72. The number of anilines is 5. The zero-order valence-electron chi connectivity index (χ0n) is 27.7. The van der Waals surface area contributed by atoms with Crippen molar-refractivity contribution in [1.82, 2.24) is 0 Å². The van der Waals surface area contributed by atoms with Gasteiger partial charge in [0.25, 0.3) is 0 Å². The van der Waals surface area contributed by atoms with Gasteiger partial charge in [0.15, 0.2) is 0 Å². The molecule has 5 aromatic rings. The summed E-state index contributed by atoms with van der Waals surface area (Å²) in [6.45, 7) is 3.92. The Labute approximate surface area is 323 Å². The number of benzene rings is 5. The van der Waals surface area contributed by atoms with Crippen molar-refractivity contribution in [2.45, 2.75) is 37.7 Å². The molecule has 11 heteroatoms. The predicted molar refractivity (Wildman–Crippen MR) is 208 cm³/mol. The Hall–Kier alpha value is -3.80. The van der Waals surface area contributed by atoms with Crippen LogP contribution >= 0.6 is 47.8 Å². The predicted octanol–water partition coefficient (Wildman–Crippen LogP) is 14.4. The molecule has 2 nitrogen and oxygen atoms in total. The standard InChI is InChI=1S/C41H31Br3F6N2/c1-26-3-14-33(15-4-26)51(35-20-9-30(42)10-21-35)34-16-5-28(6-17-34)39(40(45,46)47,41(48,49)50)29-7-18-36(19-8-29)52(37-22-11-31(43)12-23-37)38-24-13-32(44)25-27(38)2/h3-25,27,38H,1-2H3. The molecular formula is C41H31Br3F6N2. The molecule has 268 valence electrons. The topological polar surface area (TPSA) is 6.48 Å². The third-order valence-electron chi connectivity index (χ3n) is 9.18. The molecule has 0 radical (unpaired) electrons. The van der Waals surface area contributed by atoms with E-state index in [2.05, 4.69) is 47.8 Å². The first-order chi connectivity index (χ1) is 24.6. The van der Waals surface area contributed by atoms with E-state index in [1.54, 1.807) is 4.90 Å². The molecule has 0 spiro atoms. The van der Waals surface area contributed by atoms with Gasteiger partial charge in [-0.25, -0.2) is 0 Å². The second-order valence-corrected chi connectivity index (χ2v) is 15.3. The summed E-state index contributed by atoms with van der Waals surface area (Å²) in [6.07, 6.45) is -5.64. The fourth-order valence-corrected chi connectivity index (χ4v) is 7.73. The van der Waals surface area contributed by atoms with Gasteiger partial charge in [-0.15, -0.1) is 0 Å². The normalized spacial score (nSPS) is 16.4. The molecule has 0 fully saturated rings. The van der Waals surface area contributed by atoms with Crippen LogP contribution in [0.1, 0.15) is 23.6 Å². The lowest BCUT2D eigenvalue weighted by Crippen LogP contribution is -2.54. The van der Waals surface area contributed by atoms with Gasteiger partial charge in [-0.1, -0.05) is 115 Å². The number of nitrogens with zero attached hydrogens (tertiary/aromatic N) is 2. The van der Waals surface area contributed by atoms with Gasteiger partial charge in [-0.2, -0.15) is 26.3 Å². The molecule has 0 bridgehead atoms. The van der Waals surface area contributed by atoms with Crippen LogP contribution < -0.4 is 9.80 Å². The van der Waals surface area contributed by atoms with Crippen LogP contribution in [0.25, 0.3) is 0 Å². The van der Waals surface area contributed by atoms with Crippen LogP contribution in [0, 0.1) is 12.8 Å². The molecule has 2 atom stereocenters. The summed E-state index contributed by atoms with van der Waals surface area (Å²) in [7, 11) is 0. The van der Waals surface area contributed by atoms with Gasteiger partial charge in [-0.3, -0.25) is 0 Å². The largest absolute Gasteiger partial charge is 0.411 e. The van der Waals surface area contributed by atoms with E-state index < -0.39 is 28.9 Å². The Kier molecular flexibility index (Phi) is 10.9. The van der Waals surface area contributed by atoms with Crippen LogP contribution in [0.4, 0.5) is 54.8 Å². The first-order valence-electron chi connectivity index (χ1n) is 16.2. The average molecular weight is 905 g/mol. The van der Waals surface area contributed by atoms with Gasteiger partial charge in [0.1, 0.15) is 0 Å². The van der Waals surface area contributed by atoms with E-state index >= 15 is 26.3 Å². The Balaban J connectivity index is 1.46. The quantitative estimate of drug-likeness (QED) is 0.143. The van der Waals surface area contributed by atoms with Crippen LogP contribution in [-0.2, 0) is 5.41 Å². The summed E-state index contributed by atoms with van der Waals surface area (Å²) in [5, 5.41) is 0. The van der Waals surface area contributed by atoms with Crippen molar-refractivity contribution in [1.29, 1.82) is 0 Å². The molecule has 0 heterocycles. The highest BCUT2D eigenvalue weighted by Gasteiger charge is 2.72. The van der Waals surface area contributed by atoms with Crippen molar-refractivity contribution in [2.75, 3.05) is 9.80 Å². The van der Waals surface area contributed by atoms with Gasteiger partial charge >= 0.3 is 12.4 Å². The van der Waals surface area contributed by atoms with E-state index in [0.717, 1.165) is 48.9 Å². The first kappa shape index (κ1) is 37.9. The fourth-order valence-electron chi connectivity index (χ4n) is 6.63. The van der Waals surface area contributed by atoms with Gasteiger partial charge < -0.3 is 9.80 Å². The van der Waals surface area contributed by atoms with Crippen molar-refractivity contribution < 1.29 is 26.3 Å². The third-order valence-corrected chi connectivity index (χ3v) is 10.8. The minimum Gasteiger partial charge on any atom is -0.334 e. The van der Waals surface area contributed by atoms with Gasteiger partial charge in [0, 0.05) is 41.9 Å². The van der Waals surface area contributed by atoms with Crippen LogP contribution in [0.15, 0.2) is 153 Å². The Morgan fingerprint density at radius 3 is 1.29 bits per heavy atom. The number of hydrogen-bond donors (Lipinski definition) is 0. The third kappa shape index (κ3) is 7.37. The molecule has 2 unspecified atom stereocenters. The van der Waals surface area contributed by atoms with Gasteiger partial charge in [-0.05, 0) is 109 Å². The van der Waals surface area contributed by atoms with Crippen molar-refractivity contribution in [3.05, 3.63) is 170 Å². The van der Waals surface area contributed by atoms with E-state index in [1.165, 1.54) is 24.3 Å². The van der Waals surface area contributed by atoms with Crippen molar-refractivity contribution in [3.8, 4) is 0 Å². The lowest BCUT2D eigenvalue weighted by Gasteiger charge is -2.39. The molecule has 0 N–H and O–H groups in total. The minimum atomic E-state index is -5.74. The monoisotopic (exact) mass is 902 g/mol. The maximum absolute atomic E-state index is 15.3. The molecule has 0 amide bonds. The zero-order chi connectivity index (χ0) is 37.4. The summed E-state index contributed by atoms with van der Waals surface area (Å²) >= 11 is 10.3. The summed E-state index contributed by atoms with van der Waals surface area (Å²) in [4.78, 5) is 3.69. The van der Waals surface area contributed by atoms with Gasteiger partial charge in [0.05, 0.1) is 6.04 Å². The lowest BCUT2D eigenvalue weighted by molar-refractivity contribution is -0.288. The maximum atomic E-state index is 15.3. The van der Waals surface area contributed by atoms with E-state index in [1.807, 2.05) is 110 Å². The maximum Gasteiger partial charge on any atom is 0.411 e. The van der Waals surface area contributed by atoms with Crippen LogP contribution in [0.2, 0.25) is 0 Å². The number of hydrogen-bond acceptors (Lipinski definition) is 2. The summed E-state index contributed by atoms with van der Waals surface area (Å²) in [5.74, 6) is -0.0393. The smallest absolute Gasteiger partial charge is 0.334 e. The number of aryl methyl sites for hydroxylation is 1. The average Bonchev–Trinajstić information content (AvgIpc) is 3.09. The van der Waals surface area contributed by atoms with Crippen LogP contribution in [0.3, 0.4) is 0 Å². The van der Waals surface area contributed by atoms with Crippen molar-refractivity contribution in [2.24, 2.45) is 5.92 Å². The second-order valence-electron chi connectivity index (χ2n) is 12.6.